The molecule has 2 heterocycles. The monoisotopic (exact) mass is 236 g/mol. The zero-order chi connectivity index (χ0) is 11.7. The lowest BCUT2D eigenvalue weighted by Gasteiger charge is -1.99. The molecule has 0 radical (unpaired) electrons. The van der Waals surface area contributed by atoms with Crippen molar-refractivity contribution in [2.75, 3.05) is 0 Å². The summed E-state index contributed by atoms with van der Waals surface area (Å²) in [5.41, 5.74) is 1.40. The molecule has 0 aliphatic heterocycles. The van der Waals surface area contributed by atoms with Crippen LogP contribution in [0.25, 0.3) is 0 Å². The second kappa shape index (κ2) is 4.13. The van der Waals surface area contributed by atoms with Crippen LogP contribution in [-0.4, -0.2) is 25.8 Å². The number of aromatic nitrogens is 4. The first-order chi connectivity index (χ1) is 7.61. The van der Waals surface area contributed by atoms with E-state index in [1.807, 2.05) is 27.2 Å². The van der Waals surface area contributed by atoms with Crippen molar-refractivity contribution in [3.8, 4) is 0 Å². The van der Waals surface area contributed by atoms with Gasteiger partial charge in [0.2, 0.25) is 0 Å². The molecule has 0 N–H and O–H groups in total. The molecular weight excluding hydrogens is 224 g/mol. The molecule has 0 aliphatic carbocycles. The number of nitrogens with zero attached hydrogens (tertiary/aromatic N) is 4. The van der Waals surface area contributed by atoms with Gasteiger partial charge in [0.1, 0.15) is 5.03 Å². The van der Waals surface area contributed by atoms with E-state index in [1.54, 1.807) is 15.6 Å². The molecule has 0 saturated heterocycles. The second-order valence-electron chi connectivity index (χ2n) is 3.50. The maximum atomic E-state index is 11.0. The molecule has 2 aromatic heterocycles. The molecule has 0 aliphatic rings. The highest BCUT2D eigenvalue weighted by Gasteiger charge is 2.14. The van der Waals surface area contributed by atoms with Crippen LogP contribution in [0.1, 0.15) is 16.1 Å². The van der Waals surface area contributed by atoms with Crippen LogP contribution in [0.5, 0.6) is 0 Å². The van der Waals surface area contributed by atoms with Gasteiger partial charge in [-0.25, -0.2) is 0 Å². The van der Waals surface area contributed by atoms with Crippen LogP contribution in [0, 0.1) is 6.92 Å². The molecule has 0 amide bonds. The SMILES string of the molecule is Cc1nn(C)c(Sc2cnn(C)c2)c1C=O. The fraction of sp³-hybridized carbons (Fsp3) is 0.300. The van der Waals surface area contributed by atoms with Crippen LogP contribution in [0.4, 0.5) is 0 Å². The summed E-state index contributed by atoms with van der Waals surface area (Å²) in [7, 11) is 3.69. The van der Waals surface area contributed by atoms with E-state index in [2.05, 4.69) is 10.2 Å². The number of carbonyl (C=O) groups excluding carboxylic acids is 1. The van der Waals surface area contributed by atoms with E-state index < -0.39 is 0 Å². The summed E-state index contributed by atoms with van der Waals surface area (Å²) in [5, 5.41) is 9.15. The lowest BCUT2D eigenvalue weighted by molar-refractivity contribution is 0.112. The Kier molecular flexibility index (Phi) is 2.82. The minimum absolute atomic E-state index is 0.649. The first-order valence-corrected chi connectivity index (χ1v) is 5.58. The third kappa shape index (κ3) is 1.88. The summed E-state index contributed by atoms with van der Waals surface area (Å²) in [4.78, 5) is 12.0. The van der Waals surface area contributed by atoms with E-state index in [1.165, 1.54) is 11.8 Å². The van der Waals surface area contributed by atoms with E-state index in [-0.39, 0.29) is 0 Å². The van der Waals surface area contributed by atoms with Crippen LogP contribution >= 0.6 is 11.8 Å². The Hall–Kier alpha value is -1.56. The Morgan fingerprint density at radius 1 is 1.44 bits per heavy atom. The Labute approximate surface area is 97.4 Å². The minimum Gasteiger partial charge on any atom is -0.298 e. The second-order valence-corrected chi connectivity index (χ2v) is 4.56. The van der Waals surface area contributed by atoms with E-state index in [9.17, 15) is 4.79 Å². The molecule has 0 atom stereocenters. The highest BCUT2D eigenvalue weighted by Crippen LogP contribution is 2.30. The number of aryl methyl sites for hydroxylation is 3. The molecule has 0 fully saturated rings. The van der Waals surface area contributed by atoms with Gasteiger partial charge in [-0.1, -0.05) is 11.8 Å². The summed E-state index contributed by atoms with van der Waals surface area (Å²) >= 11 is 1.49. The Morgan fingerprint density at radius 3 is 2.75 bits per heavy atom. The van der Waals surface area contributed by atoms with Crippen LogP contribution < -0.4 is 0 Å². The lowest BCUT2D eigenvalue weighted by Crippen LogP contribution is -1.93. The molecule has 0 spiro atoms. The highest BCUT2D eigenvalue weighted by molar-refractivity contribution is 7.99. The summed E-state index contributed by atoms with van der Waals surface area (Å²) < 4.78 is 3.45. The van der Waals surface area contributed by atoms with Gasteiger partial charge < -0.3 is 0 Å². The van der Waals surface area contributed by atoms with E-state index in [0.29, 0.717) is 5.56 Å². The van der Waals surface area contributed by atoms with Crippen LogP contribution in [0.3, 0.4) is 0 Å². The summed E-state index contributed by atoms with van der Waals surface area (Å²) in [5.74, 6) is 0. The van der Waals surface area contributed by atoms with Crippen molar-refractivity contribution in [3.63, 3.8) is 0 Å². The average molecular weight is 236 g/mol. The average Bonchev–Trinajstić information content (AvgIpc) is 2.73. The number of rotatable bonds is 3. The molecule has 84 valence electrons. The zero-order valence-electron chi connectivity index (χ0n) is 9.34. The van der Waals surface area contributed by atoms with Gasteiger partial charge in [0.05, 0.1) is 22.3 Å². The van der Waals surface area contributed by atoms with Crippen molar-refractivity contribution in [1.29, 1.82) is 0 Å². The number of hydrogen-bond acceptors (Lipinski definition) is 4. The Bertz CT molecular complexity index is 529. The number of aldehydes is 1. The van der Waals surface area contributed by atoms with E-state index >= 15 is 0 Å². The third-order valence-electron chi connectivity index (χ3n) is 2.23. The summed E-state index contributed by atoms with van der Waals surface area (Å²) in [6, 6.07) is 0. The van der Waals surface area contributed by atoms with Gasteiger partial charge >= 0.3 is 0 Å². The maximum Gasteiger partial charge on any atom is 0.154 e. The van der Waals surface area contributed by atoms with Crippen molar-refractivity contribution in [2.45, 2.75) is 16.8 Å². The number of hydrogen-bond donors (Lipinski definition) is 0. The van der Waals surface area contributed by atoms with Gasteiger partial charge in [0.15, 0.2) is 6.29 Å². The predicted octanol–water partition coefficient (Wildman–Crippen LogP) is 1.43. The zero-order valence-corrected chi connectivity index (χ0v) is 10.2. The largest absolute Gasteiger partial charge is 0.298 e. The van der Waals surface area contributed by atoms with E-state index in [0.717, 1.165) is 21.9 Å². The molecule has 2 rings (SSSR count). The molecule has 2 aromatic rings. The molecule has 0 aromatic carbocycles. The van der Waals surface area contributed by atoms with Crippen LogP contribution in [0.15, 0.2) is 22.3 Å². The molecule has 6 heteroatoms. The number of carbonyl (C=O) groups is 1. The molecular formula is C10H12N4OS. The topological polar surface area (TPSA) is 52.7 Å². The van der Waals surface area contributed by atoms with Crippen molar-refractivity contribution >= 4 is 18.0 Å². The first kappa shape index (κ1) is 10.9. The smallest absolute Gasteiger partial charge is 0.154 e. The highest BCUT2D eigenvalue weighted by atomic mass is 32.2. The van der Waals surface area contributed by atoms with Gasteiger partial charge in [-0.3, -0.25) is 14.2 Å². The van der Waals surface area contributed by atoms with Crippen LogP contribution in [-0.2, 0) is 14.1 Å². The van der Waals surface area contributed by atoms with Crippen molar-refractivity contribution in [2.24, 2.45) is 14.1 Å². The molecule has 0 bridgehead atoms. The first-order valence-electron chi connectivity index (χ1n) is 4.77. The van der Waals surface area contributed by atoms with Gasteiger partial charge in [0, 0.05) is 20.3 Å². The lowest BCUT2D eigenvalue weighted by atomic mass is 10.3. The Balaban J connectivity index is 2.37. The van der Waals surface area contributed by atoms with Gasteiger partial charge in [-0.2, -0.15) is 10.2 Å². The third-order valence-corrected chi connectivity index (χ3v) is 3.35. The fourth-order valence-electron chi connectivity index (χ4n) is 1.47. The normalized spacial score (nSPS) is 10.7. The summed E-state index contributed by atoms with van der Waals surface area (Å²) in [6.45, 7) is 1.83. The standard InChI is InChI=1S/C10H12N4OS/c1-7-9(6-15)10(14(3)12-7)16-8-4-11-13(2)5-8/h4-6H,1-3H3. The predicted molar refractivity (Wildman–Crippen MR) is 60.7 cm³/mol. The van der Waals surface area contributed by atoms with Crippen LogP contribution in [0.2, 0.25) is 0 Å². The van der Waals surface area contributed by atoms with Crippen molar-refractivity contribution < 1.29 is 4.79 Å². The summed E-state index contributed by atoms with van der Waals surface area (Å²) in [6.07, 6.45) is 4.52. The van der Waals surface area contributed by atoms with Gasteiger partial charge in [0.25, 0.3) is 0 Å². The quantitative estimate of drug-likeness (QED) is 0.756. The Morgan fingerprint density at radius 2 is 2.19 bits per heavy atom. The minimum atomic E-state index is 0.649. The van der Waals surface area contributed by atoms with Gasteiger partial charge in [-0.15, -0.1) is 0 Å². The molecule has 0 saturated carbocycles. The van der Waals surface area contributed by atoms with Crippen molar-refractivity contribution in [3.05, 3.63) is 23.7 Å². The molecule has 0 unspecified atom stereocenters. The van der Waals surface area contributed by atoms with Gasteiger partial charge in [-0.05, 0) is 6.92 Å². The maximum absolute atomic E-state index is 11.0. The van der Waals surface area contributed by atoms with Crippen molar-refractivity contribution in [1.82, 2.24) is 19.6 Å². The fourth-order valence-corrected chi connectivity index (χ4v) is 2.48. The van der Waals surface area contributed by atoms with E-state index in [4.69, 9.17) is 0 Å². The molecule has 16 heavy (non-hydrogen) atoms. The molecule has 5 nitrogen and oxygen atoms in total.